The number of aromatic nitrogens is 2. The number of thioether (sulfide) groups is 1. The van der Waals surface area contributed by atoms with E-state index in [2.05, 4.69) is 10.3 Å². The molecule has 1 heterocycles. The third-order valence-corrected chi connectivity index (χ3v) is 5.33. The highest BCUT2D eigenvalue weighted by atomic mass is 35.5. The summed E-state index contributed by atoms with van der Waals surface area (Å²) in [6.07, 6.45) is 4.31. The summed E-state index contributed by atoms with van der Waals surface area (Å²) in [6.45, 7) is 2.09. The van der Waals surface area contributed by atoms with E-state index in [9.17, 15) is 9.59 Å². The standard InChI is InChI=1S/C21H20ClN3O2S/c1-15(26)23-11-10-16-2-4-17(5-3-16)20(27)14-28-21-24-12-13-25(21)19-8-6-18(22)7-9-19/h2-9,12-13H,10-11,14H2,1H3,(H,23,26). The lowest BCUT2D eigenvalue weighted by molar-refractivity contribution is -0.118. The van der Waals surface area contributed by atoms with Crippen LogP contribution in [0.15, 0.2) is 66.1 Å². The van der Waals surface area contributed by atoms with Crippen molar-refractivity contribution in [3.8, 4) is 5.69 Å². The fraction of sp³-hybridized carbons (Fsp3) is 0.190. The smallest absolute Gasteiger partial charge is 0.216 e. The molecule has 0 radical (unpaired) electrons. The zero-order valence-electron chi connectivity index (χ0n) is 15.4. The molecule has 0 aliphatic carbocycles. The summed E-state index contributed by atoms with van der Waals surface area (Å²) in [6, 6.07) is 15.0. The van der Waals surface area contributed by atoms with Crippen molar-refractivity contribution < 1.29 is 9.59 Å². The molecular weight excluding hydrogens is 394 g/mol. The number of Topliss-reactive ketones (excluding diaryl/α,β-unsaturated/α-hetero) is 1. The maximum Gasteiger partial charge on any atom is 0.216 e. The number of ketones is 1. The Bertz CT molecular complexity index is 953. The third kappa shape index (κ3) is 5.47. The van der Waals surface area contributed by atoms with Gasteiger partial charge in [0.25, 0.3) is 0 Å². The van der Waals surface area contributed by atoms with Gasteiger partial charge in [0.15, 0.2) is 10.9 Å². The second-order valence-corrected chi connectivity index (χ2v) is 7.58. The van der Waals surface area contributed by atoms with Gasteiger partial charge in [0.05, 0.1) is 5.75 Å². The van der Waals surface area contributed by atoms with Crippen LogP contribution >= 0.6 is 23.4 Å². The molecule has 0 unspecified atom stereocenters. The number of amides is 1. The highest BCUT2D eigenvalue weighted by Gasteiger charge is 2.11. The van der Waals surface area contributed by atoms with Gasteiger partial charge < -0.3 is 5.32 Å². The van der Waals surface area contributed by atoms with E-state index in [1.165, 1.54) is 18.7 Å². The Morgan fingerprint density at radius 3 is 2.50 bits per heavy atom. The molecule has 144 valence electrons. The number of carbonyl (C=O) groups is 2. The first-order valence-electron chi connectivity index (χ1n) is 8.81. The molecular formula is C21H20ClN3O2S. The van der Waals surface area contributed by atoms with E-state index in [-0.39, 0.29) is 11.7 Å². The first kappa shape index (κ1) is 20.2. The Labute approximate surface area is 173 Å². The van der Waals surface area contributed by atoms with Crippen molar-refractivity contribution >= 4 is 35.1 Å². The van der Waals surface area contributed by atoms with Crippen molar-refractivity contribution in [1.82, 2.24) is 14.9 Å². The quantitative estimate of drug-likeness (QED) is 0.444. The Morgan fingerprint density at radius 2 is 1.82 bits per heavy atom. The molecule has 0 atom stereocenters. The van der Waals surface area contributed by atoms with Crippen LogP contribution in [0.4, 0.5) is 0 Å². The summed E-state index contributed by atoms with van der Waals surface area (Å²) in [5.74, 6) is 0.306. The van der Waals surface area contributed by atoms with Crippen molar-refractivity contribution in [3.05, 3.63) is 77.1 Å². The van der Waals surface area contributed by atoms with Gasteiger partial charge in [-0.15, -0.1) is 0 Å². The molecule has 0 spiro atoms. The Morgan fingerprint density at radius 1 is 1.11 bits per heavy atom. The van der Waals surface area contributed by atoms with Gasteiger partial charge in [-0.1, -0.05) is 47.6 Å². The Hall–Kier alpha value is -2.57. The molecule has 0 aliphatic heterocycles. The molecule has 2 aromatic carbocycles. The fourth-order valence-corrected chi connectivity index (χ4v) is 3.64. The zero-order valence-corrected chi connectivity index (χ0v) is 17.0. The highest BCUT2D eigenvalue weighted by Crippen LogP contribution is 2.22. The molecule has 0 saturated carbocycles. The molecule has 3 rings (SSSR count). The van der Waals surface area contributed by atoms with Crippen molar-refractivity contribution in [1.29, 1.82) is 0 Å². The lowest BCUT2D eigenvalue weighted by atomic mass is 10.1. The van der Waals surface area contributed by atoms with Gasteiger partial charge in [0, 0.05) is 42.1 Å². The van der Waals surface area contributed by atoms with Gasteiger partial charge >= 0.3 is 0 Å². The van der Waals surface area contributed by atoms with Crippen LogP contribution in [0.1, 0.15) is 22.8 Å². The lowest BCUT2D eigenvalue weighted by Crippen LogP contribution is -2.22. The number of hydrogen-bond acceptors (Lipinski definition) is 4. The minimum atomic E-state index is -0.0409. The number of nitrogens with one attached hydrogen (secondary N) is 1. The van der Waals surface area contributed by atoms with Crippen molar-refractivity contribution in [2.24, 2.45) is 0 Å². The summed E-state index contributed by atoms with van der Waals surface area (Å²) < 4.78 is 1.93. The molecule has 0 aliphatic rings. The van der Waals surface area contributed by atoms with Crippen LogP contribution in [0, 0.1) is 0 Å². The van der Waals surface area contributed by atoms with Gasteiger partial charge in [-0.25, -0.2) is 4.98 Å². The number of carbonyl (C=O) groups excluding carboxylic acids is 2. The molecule has 1 amide bonds. The summed E-state index contributed by atoms with van der Waals surface area (Å²) >= 11 is 7.34. The van der Waals surface area contributed by atoms with Crippen molar-refractivity contribution in [2.45, 2.75) is 18.5 Å². The predicted molar refractivity (Wildman–Crippen MR) is 112 cm³/mol. The van der Waals surface area contributed by atoms with E-state index in [0.717, 1.165) is 22.8 Å². The molecule has 5 nitrogen and oxygen atoms in total. The van der Waals surface area contributed by atoms with Crippen LogP contribution < -0.4 is 5.32 Å². The molecule has 7 heteroatoms. The van der Waals surface area contributed by atoms with Crippen LogP contribution in [0.5, 0.6) is 0 Å². The minimum Gasteiger partial charge on any atom is -0.356 e. The number of nitrogens with zero attached hydrogens (tertiary/aromatic N) is 2. The number of benzene rings is 2. The number of rotatable bonds is 8. The van der Waals surface area contributed by atoms with Crippen LogP contribution in [0.2, 0.25) is 5.02 Å². The van der Waals surface area contributed by atoms with Gasteiger partial charge in [0.1, 0.15) is 0 Å². The molecule has 28 heavy (non-hydrogen) atoms. The summed E-state index contributed by atoms with van der Waals surface area (Å²) in [7, 11) is 0. The Balaban J connectivity index is 1.58. The first-order chi connectivity index (χ1) is 13.5. The zero-order chi connectivity index (χ0) is 19.9. The van der Waals surface area contributed by atoms with Gasteiger partial charge in [0.2, 0.25) is 5.91 Å². The highest BCUT2D eigenvalue weighted by molar-refractivity contribution is 7.99. The monoisotopic (exact) mass is 413 g/mol. The summed E-state index contributed by atoms with van der Waals surface area (Å²) in [5, 5.41) is 4.19. The molecule has 1 aromatic heterocycles. The molecule has 3 aromatic rings. The van der Waals surface area contributed by atoms with Gasteiger partial charge in [-0.05, 0) is 36.2 Å². The van der Waals surface area contributed by atoms with Gasteiger partial charge in [-0.3, -0.25) is 14.2 Å². The number of halogens is 1. The third-order valence-electron chi connectivity index (χ3n) is 4.11. The normalized spacial score (nSPS) is 10.6. The number of hydrogen-bond donors (Lipinski definition) is 1. The Kier molecular flexibility index (Phi) is 6.90. The second-order valence-electron chi connectivity index (χ2n) is 6.20. The molecule has 1 N–H and O–H groups in total. The molecule has 0 fully saturated rings. The largest absolute Gasteiger partial charge is 0.356 e. The average molecular weight is 414 g/mol. The van der Waals surface area contributed by atoms with E-state index in [4.69, 9.17) is 11.6 Å². The van der Waals surface area contributed by atoms with Gasteiger partial charge in [-0.2, -0.15) is 0 Å². The molecule has 0 saturated heterocycles. The van der Waals surface area contributed by atoms with Crippen LogP contribution in [0.25, 0.3) is 5.69 Å². The van der Waals surface area contributed by atoms with Crippen LogP contribution in [-0.4, -0.2) is 33.5 Å². The van der Waals surface area contributed by atoms with Crippen LogP contribution in [0.3, 0.4) is 0 Å². The van der Waals surface area contributed by atoms with E-state index in [1.54, 1.807) is 6.20 Å². The van der Waals surface area contributed by atoms with E-state index in [1.807, 2.05) is 59.3 Å². The SMILES string of the molecule is CC(=O)NCCc1ccc(C(=O)CSc2nccn2-c2ccc(Cl)cc2)cc1. The van der Waals surface area contributed by atoms with E-state index in [0.29, 0.717) is 22.9 Å². The van der Waals surface area contributed by atoms with Crippen molar-refractivity contribution in [2.75, 3.05) is 12.3 Å². The summed E-state index contributed by atoms with van der Waals surface area (Å²) in [5.41, 5.74) is 2.69. The summed E-state index contributed by atoms with van der Waals surface area (Å²) in [4.78, 5) is 27.8. The first-order valence-corrected chi connectivity index (χ1v) is 10.2. The average Bonchev–Trinajstić information content (AvgIpc) is 3.15. The fourth-order valence-electron chi connectivity index (χ4n) is 2.65. The lowest BCUT2D eigenvalue weighted by Gasteiger charge is -2.08. The van der Waals surface area contributed by atoms with E-state index < -0.39 is 0 Å². The maximum absolute atomic E-state index is 12.5. The topological polar surface area (TPSA) is 64.0 Å². The van der Waals surface area contributed by atoms with E-state index >= 15 is 0 Å². The van der Waals surface area contributed by atoms with Crippen molar-refractivity contribution in [3.63, 3.8) is 0 Å². The molecule has 0 bridgehead atoms. The maximum atomic E-state index is 12.5. The predicted octanol–water partition coefficient (Wildman–Crippen LogP) is 4.18. The number of imidazole rings is 1. The van der Waals surface area contributed by atoms with Crippen LogP contribution in [-0.2, 0) is 11.2 Å². The minimum absolute atomic E-state index is 0.0409. The second kappa shape index (κ2) is 9.57.